The van der Waals surface area contributed by atoms with E-state index in [1.807, 2.05) is 0 Å². The van der Waals surface area contributed by atoms with Crippen LogP contribution in [0, 0.1) is 5.41 Å². The van der Waals surface area contributed by atoms with Crippen LogP contribution in [0.15, 0.2) is 9.98 Å². The van der Waals surface area contributed by atoms with Gasteiger partial charge in [-0.2, -0.15) is 0 Å². The lowest BCUT2D eigenvalue weighted by molar-refractivity contribution is 0.325. The van der Waals surface area contributed by atoms with Crippen LogP contribution in [0.2, 0.25) is 0 Å². The highest BCUT2D eigenvalue weighted by Crippen LogP contribution is 2.33. The minimum Gasteiger partial charge on any atom is -0.348 e. The first kappa shape index (κ1) is 11.4. The molecule has 0 aliphatic carbocycles. The van der Waals surface area contributed by atoms with Crippen molar-refractivity contribution in [1.82, 2.24) is 4.98 Å². The summed E-state index contributed by atoms with van der Waals surface area (Å²) in [6.07, 6.45) is 3.88. The van der Waals surface area contributed by atoms with E-state index in [-0.39, 0.29) is 0 Å². The van der Waals surface area contributed by atoms with Crippen LogP contribution in [0.4, 0.5) is 5.13 Å². The van der Waals surface area contributed by atoms with E-state index in [9.17, 15) is 0 Å². The molecule has 1 aromatic rings. The van der Waals surface area contributed by atoms with Gasteiger partial charge in [-0.05, 0) is 40.6 Å². The number of nitrogens with zero attached hydrogens (tertiary/aromatic N) is 2. The van der Waals surface area contributed by atoms with Gasteiger partial charge in [-0.25, -0.2) is 4.98 Å². The topological polar surface area (TPSA) is 16.1 Å². The molecule has 0 bridgehead atoms. The van der Waals surface area contributed by atoms with Crippen LogP contribution in [0.25, 0.3) is 0 Å². The molecule has 4 heteroatoms. The number of anilines is 1. The SMILES string of the molecule is CC1(C)CCCN(c2nc(Br)cs2)CC1. The molecule has 0 spiro atoms. The van der Waals surface area contributed by atoms with E-state index in [1.165, 1.54) is 24.4 Å². The van der Waals surface area contributed by atoms with Crippen molar-refractivity contribution >= 4 is 32.4 Å². The predicted octanol–water partition coefficient (Wildman–Crippen LogP) is 3.92. The van der Waals surface area contributed by atoms with Crippen LogP contribution >= 0.6 is 27.3 Å². The zero-order chi connectivity index (χ0) is 10.9. The van der Waals surface area contributed by atoms with Gasteiger partial charge >= 0.3 is 0 Å². The molecule has 0 N–H and O–H groups in total. The molecule has 0 amide bonds. The average molecular weight is 289 g/mol. The molecule has 2 heterocycles. The third-order valence-electron chi connectivity index (χ3n) is 3.07. The molecule has 1 fully saturated rings. The number of thiazole rings is 1. The second kappa shape index (κ2) is 4.42. The molecule has 2 rings (SSSR count). The molecule has 2 nitrogen and oxygen atoms in total. The molecule has 84 valence electrons. The highest BCUT2D eigenvalue weighted by atomic mass is 79.9. The number of aromatic nitrogens is 1. The highest BCUT2D eigenvalue weighted by molar-refractivity contribution is 9.10. The Morgan fingerprint density at radius 3 is 2.87 bits per heavy atom. The Balaban J connectivity index is 2.05. The van der Waals surface area contributed by atoms with E-state index in [4.69, 9.17) is 0 Å². The van der Waals surface area contributed by atoms with Crippen molar-refractivity contribution in [3.63, 3.8) is 0 Å². The van der Waals surface area contributed by atoms with Gasteiger partial charge in [0.2, 0.25) is 0 Å². The van der Waals surface area contributed by atoms with Crippen molar-refractivity contribution in [3.05, 3.63) is 9.98 Å². The largest absolute Gasteiger partial charge is 0.348 e. The molecule has 0 atom stereocenters. The summed E-state index contributed by atoms with van der Waals surface area (Å²) in [6.45, 7) is 7.04. The lowest BCUT2D eigenvalue weighted by Crippen LogP contribution is -2.24. The number of hydrogen-bond donors (Lipinski definition) is 0. The number of halogens is 1. The first-order valence-corrected chi connectivity index (χ1v) is 7.10. The molecule has 0 unspecified atom stereocenters. The Morgan fingerprint density at radius 2 is 2.20 bits per heavy atom. The normalized spacial score (nSPS) is 21.4. The van der Waals surface area contributed by atoms with Crippen LogP contribution in [-0.2, 0) is 0 Å². The summed E-state index contributed by atoms with van der Waals surface area (Å²) < 4.78 is 0.964. The molecule has 0 saturated carbocycles. The Morgan fingerprint density at radius 1 is 1.40 bits per heavy atom. The van der Waals surface area contributed by atoms with Gasteiger partial charge in [0, 0.05) is 18.5 Å². The van der Waals surface area contributed by atoms with Crippen molar-refractivity contribution < 1.29 is 0 Å². The van der Waals surface area contributed by atoms with Gasteiger partial charge in [-0.3, -0.25) is 0 Å². The van der Waals surface area contributed by atoms with Crippen molar-refractivity contribution in [3.8, 4) is 0 Å². The average Bonchev–Trinajstić information content (AvgIpc) is 2.49. The molecular formula is C11H17BrN2S. The first-order chi connectivity index (χ1) is 7.07. The van der Waals surface area contributed by atoms with E-state index in [0.29, 0.717) is 5.41 Å². The maximum atomic E-state index is 4.48. The molecule has 15 heavy (non-hydrogen) atoms. The minimum absolute atomic E-state index is 0.503. The summed E-state index contributed by atoms with van der Waals surface area (Å²) >= 11 is 5.15. The van der Waals surface area contributed by atoms with E-state index in [2.05, 4.69) is 45.0 Å². The Bertz CT molecular complexity index is 335. The Hall–Kier alpha value is -0.0900. The maximum Gasteiger partial charge on any atom is 0.186 e. The Labute approximate surface area is 104 Å². The summed E-state index contributed by atoms with van der Waals surface area (Å²) in [4.78, 5) is 6.91. The summed E-state index contributed by atoms with van der Waals surface area (Å²) in [7, 11) is 0. The van der Waals surface area contributed by atoms with Gasteiger partial charge in [0.05, 0.1) is 0 Å². The Kier molecular flexibility index (Phi) is 3.36. The predicted molar refractivity (Wildman–Crippen MR) is 69.7 cm³/mol. The smallest absolute Gasteiger partial charge is 0.186 e. The van der Waals surface area contributed by atoms with E-state index in [1.54, 1.807) is 11.3 Å². The molecule has 0 radical (unpaired) electrons. The van der Waals surface area contributed by atoms with Crippen molar-refractivity contribution in [1.29, 1.82) is 0 Å². The molecule has 0 aromatic carbocycles. The van der Waals surface area contributed by atoms with Gasteiger partial charge in [-0.15, -0.1) is 11.3 Å². The highest BCUT2D eigenvalue weighted by Gasteiger charge is 2.24. The summed E-state index contributed by atoms with van der Waals surface area (Å²) in [6, 6.07) is 0. The molecule has 1 aromatic heterocycles. The molecule has 1 aliphatic heterocycles. The van der Waals surface area contributed by atoms with E-state index < -0.39 is 0 Å². The third-order valence-corrected chi connectivity index (χ3v) is 4.69. The second-order valence-corrected chi connectivity index (χ2v) is 6.61. The van der Waals surface area contributed by atoms with E-state index >= 15 is 0 Å². The second-order valence-electron chi connectivity index (χ2n) is 4.96. The lowest BCUT2D eigenvalue weighted by atomic mass is 9.85. The fourth-order valence-electron chi connectivity index (χ4n) is 2.00. The van der Waals surface area contributed by atoms with Gasteiger partial charge in [-0.1, -0.05) is 13.8 Å². The number of hydrogen-bond acceptors (Lipinski definition) is 3. The zero-order valence-corrected chi connectivity index (χ0v) is 11.7. The number of rotatable bonds is 1. The summed E-state index contributed by atoms with van der Waals surface area (Å²) in [5.74, 6) is 0. The fourth-order valence-corrected chi connectivity index (χ4v) is 3.31. The molecule has 1 aliphatic rings. The van der Waals surface area contributed by atoms with Gasteiger partial charge in [0.1, 0.15) is 4.60 Å². The first-order valence-electron chi connectivity index (χ1n) is 5.43. The van der Waals surface area contributed by atoms with Crippen LogP contribution in [-0.4, -0.2) is 18.1 Å². The lowest BCUT2D eigenvalue weighted by Gasteiger charge is -2.22. The van der Waals surface area contributed by atoms with Crippen LogP contribution in [0.5, 0.6) is 0 Å². The monoisotopic (exact) mass is 288 g/mol. The third kappa shape index (κ3) is 2.94. The van der Waals surface area contributed by atoms with Gasteiger partial charge in [0.15, 0.2) is 5.13 Å². The molecule has 1 saturated heterocycles. The van der Waals surface area contributed by atoms with Crippen molar-refractivity contribution in [2.24, 2.45) is 5.41 Å². The maximum absolute atomic E-state index is 4.48. The van der Waals surface area contributed by atoms with Gasteiger partial charge in [0.25, 0.3) is 0 Å². The minimum atomic E-state index is 0.503. The van der Waals surface area contributed by atoms with E-state index in [0.717, 1.165) is 17.7 Å². The van der Waals surface area contributed by atoms with Gasteiger partial charge < -0.3 is 4.90 Å². The quantitative estimate of drug-likeness (QED) is 0.779. The zero-order valence-electron chi connectivity index (χ0n) is 9.29. The standard InChI is InChI=1S/C11H17BrN2S/c1-11(2)4-3-6-14(7-5-11)10-13-9(12)8-15-10/h8H,3-7H2,1-2H3. The van der Waals surface area contributed by atoms with Crippen molar-refractivity contribution in [2.75, 3.05) is 18.0 Å². The molecular weight excluding hydrogens is 272 g/mol. The van der Waals surface area contributed by atoms with Crippen molar-refractivity contribution in [2.45, 2.75) is 33.1 Å². The van der Waals surface area contributed by atoms with Crippen LogP contribution in [0.1, 0.15) is 33.1 Å². The van der Waals surface area contributed by atoms with Crippen LogP contribution in [0.3, 0.4) is 0 Å². The fraction of sp³-hybridized carbons (Fsp3) is 0.727. The summed E-state index contributed by atoms with van der Waals surface area (Å²) in [5, 5.41) is 3.23. The summed E-state index contributed by atoms with van der Waals surface area (Å²) in [5.41, 5.74) is 0.503. The van der Waals surface area contributed by atoms with Crippen LogP contribution < -0.4 is 4.90 Å².